The Morgan fingerprint density at radius 1 is 1.14 bits per heavy atom. The van der Waals surface area contributed by atoms with E-state index in [1.807, 2.05) is 26.0 Å². The lowest BCUT2D eigenvalue weighted by atomic mass is 10.0. The lowest BCUT2D eigenvalue weighted by Gasteiger charge is -2.14. The van der Waals surface area contributed by atoms with Crippen molar-refractivity contribution in [2.45, 2.75) is 26.9 Å². The third-order valence-electron chi connectivity index (χ3n) is 3.21. The number of carbonyl (C=O) groups excluding carboxylic acids is 1. The van der Waals surface area contributed by atoms with Gasteiger partial charge in [0.1, 0.15) is 18.5 Å². The molecule has 2 N–H and O–H groups in total. The summed E-state index contributed by atoms with van der Waals surface area (Å²) in [5.41, 5.74) is 3.81. The van der Waals surface area contributed by atoms with Gasteiger partial charge in [0.15, 0.2) is 0 Å². The molecule has 0 spiro atoms. The van der Waals surface area contributed by atoms with Crippen LogP contribution in [0.2, 0.25) is 0 Å². The minimum absolute atomic E-state index is 0.112. The summed E-state index contributed by atoms with van der Waals surface area (Å²) >= 11 is 0. The maximum absolute atomic E-state index is 10.9. The van der Waals surface area contributed by atoms with Crippen LogP contribution in [-0.4, -0.2) is 17.6 Å². The van der Waals surface area contributed by atoms with Gasteiger partial charge in [0, 0.05) is 12.6 Å². The number of nitrogens with one attached hydrogen (secondary N) is 1. The highest BCUT2D eigenvalue weighted by molar-refractivity contribution is 5.88. The molecule has 116 valence electrons. The van der Waals surface area contributed by atoms with Crippen LogP contribution >= 0.6 is 0 Å². The highest BCUT2D eigenvalue weighted by Crippen LogP contribution is 2.20. The molecule has 0 heterocycles. The molecule has 22 heavy (non-hydrogen) atoms. The average molecular weight is 299 g/mol. The number of carbonyl (C=O) groups is 1. The maximum Gasteiger partial charge on any atom is 0.221 e. The van der Waals surface area contributed by atoms with Crippen molar-refractivity contribution in [2.24, 2.45) is 0 Å². The summed E-state index contributed by atoms with van der Waals surface area (Å²) in [4.78, 5) is 10.9. The fourth-order valence-electron chi connectivity index (χ4n) is 2.31. The number of rotatable bonds is 5. The molecule has 0 fully saturated rings. The Balaban J connectivity index is 1.95. The first-order valence-electron chi connectivity index (χ1n) is 7.21. The Kier molecular flexibility index (Phi) is 5.17. The van der Waals surface area contributed by atoms with E-state index in [9.17, 15) is 9.90 Å². The first-order valence-corrected chi connectivity index (χ1v) is 7.21. The molecule has 0 saturated carbocycles. The SMILES string of the molecule is CC(=O)Nc1ccc(OCC(O)c2cc(C)cc(C)c2)cc1. The summed E-state index contributed by atoms with van der Waals surface area (Å²) in [5, 5.41) is 12.9. The molecule has 1 unspecified atom stereocenters. The number of anilines is 1. The first-order chi connectivity index (χ1) is 10.4. The number of aryl methyl sites for hydroxylation is 2. The van der Waals surface area contributed by atoms with Gasteiger partial charge in [-0.05, 0) is 43.7 Å². The second-order valence-corrected chi connectivity index (χ2v) is 5.45. The van der Waals surface area contributed by atoms with Crippen LogP contribution < -0.4 is 10.1 Å². The zero-order chi connectivity index (χ0) is 16.1. The molecule has 1 amide bonds. The van der Waals surface area contributed by atoms with Crippen LogP contribution in [0.15, 0.2) is 42.5 Å². The standard InChI is InChI=1S/C18H21NO3/c1-12-8-13(2)10-15(9-12)18(21)11-22-17-6-4-16(5-7-17)19-14(3)20/h4-10,18,21H,11H2,1-3H3,(H,19,20). The van der Waals surface area contributed by atoms with Crippen LogP contribution in [-0.2, 0) is 4.79 Å². The minimum atomic E-state index is -0.673. The molecule has 2 aromatic rings. The van der Waals surface area contributed by atoms with Gasteiger partial charge in [-0.15, -0.1) is 0 Å². The number of ether oxygens (including phenoxy) is 1. The van der Waals surface area contributed by atoms with Gasteiger partial charge in [0.25, 0.3) is 0 Å². The Hall–Kier alpha value is -2.33. The third kappa shape index (κ3) is 4.60. The highest BCUT2D eigenvalue weighted by atomic mass is 16.5. The van der Waals surface area contributed by atoms with E-state index in [1.54, 1.807) is 24.3 Å². The average Bonchev–Trinajstić information content (AvgIpc) is 2.44. The van der Waals surface area contributed by atoms with Crippen molar-refractivity contribution in [2.75, 3.05) is 11.9 Å². The van der Waals surface area contributed by atoms with Gasteiger partial charge in [-0.1, -0.05) is 29.3 Å². The summed E-state index contributed by atoms with van der Waals surface area (Å²) in [6, 6.07) is 13.0. The molecule has 2 rings (SSSR count). The zero-order valence-corrected chi connectivity index (χ0v) is 13.1. The van der Waals surface area contributed by atoms with Gasteiger partial charge in [-0.3, -0.25) is 4.79 Å². The van der Waals surface area contributed by atoms with Crippen molar-refractivity contribution < 1.29 is 14.6 Å². The van der Waals surface area contributed by atoms with Crippen molar-refractivity contribution >= 4 is 11.6 Å². The van der Waals surface area contributed by atoms with Gasteiger partial charge in [-0.25, -0.2) is 0 Å². The van der Waals surface area contributed by atoms with E-state index < -0.39 is 6.10 Å². The molecule has 0 aliphatic heterocycles. The number of amides is 1. The molecule has 0 radical (unpaired) electrons. The third-order valence-corrected chi connectivity index (χ3v) is 3.21. The molecule has 2 aromatic carbocycles. The van der Waals surface area contributed by atoms with E-state index in [2.05, 4.69) is 11.4 Å². The van der Waals surface area contributed by atoms with Crippen LogP contribution in [0.5, 0.6) is 5.75 Å². The molecule has 4 nitrogen and oxygen atoms in total. The van der Waals surface area contributed by atoms with Gasteiger partial charge < -0.3 is 15.2 Å². The smallest absolute Gasteiger partial charge is 0.221 e. The zero-order valence-electron chi connectivity index (χ0n) is 13.1. The molecule has 0 aliphatic carbocycles. The van der Waals surface area contributed by atoms with E-state index in [0.717, 1.165) is 22.4 Å². The quantitative estimate of drug-likeness (QED) is 0.890. The maximum atomic E-state index is 10.9. The fraction of sp³-hybridized carbons (Fsp3) is 0.278. The van der Waals surface area contributed by atoms with E-state index in [-0.39, 0.29) is 12.5 Å². The molecular formula is C18H21NO3. The van der Waals surface area contributed by atoms with Crippen LogP contribution in [0.1, 0.15) is 29.7 Å². The van der Waals surface area contributed by atoms with Crippen molar-refractivity contribution in [3.8, 4) is 5.75 Å². The number of benzene rings is 2. The van der Waals surface area contributed by atoms with Gasteiger partial charge >= 0.3 is 0 Å². The lowest BCUT2D eigenvalue weighted by molar-refractivity contribution is -0.114. The van der Waals surface area contributed by atoms with Crippen molar-refractivity contribution in [1.29, 1.82) is 0 Å². The Bertz CT molecular complexity index is 630. The Morgan fingerprint density at radius 2 is 1.73 bits per heavy atom. The van der Waals surface area contributed by atoms with Crippen molar-refractivity contribution in [3.63, 3.8) is 0 Å². The summed E-state index contributed by atoms with van der Waals surface area (Å²) in [6.07, 6.45) is -0.673. The van der Waals surface area contributed by atoms with Crippen LogP contribution in [0, 0.1) is 13.8 Å². The van der Waals surface area contributed by atoms with E-state index in [0.29, 0.717) is 5.75 Å². The van der Waals surface area contributed by atoms with E-state index in [1.165, 1.54) is 6.92 Å². The van der Waals surface area contributed by atoms with Crippen LogP contribution in [0.4, 0.5) is 5.69 Å². The molecule has 0 saturated heterocycles. The van der Waals surface area contributed by atoms with E-state index in [4.69, 9.17) is 4.74 Å². The summed E-state index contributed by atoms with van der Waals surface area (Å²) in [5.74, 6) is 0.538. The number of aliphatic hydroxyl groups is 1. The fourth-order valence-corrected chi connectivity index (χ4v) is 2.31. The predicted octanol–water partition coefficient (Wildman–Crippen LogP) is 3.37. The van der Waals surface area contributed by atoms with E-state index >= 15 is 0 Å². The predicted molar refractivity (Wildman–Crippen MR) is 87.1 cm³/mol. The number of aliphatic hydroxyl groups excluding tert-OH is 1. The lowest BCUT2D eigenvalue weighted by Crippen LogP contribution is -2.10. The second kappa shape index (κ2) is 7.09. The summed E-state index contributed by atoms with van der Waals surface area (Å²) in [7, 11) is 0. The van der Waals surface area contributed by atoms with Crippen molar-refractivity contribution in [3.05, 3.63) is 59.2 Å². The van der Waals surface area contributed by atoms with Gasteiger partial charge in [0.2, 0.25) is 5.91 Å². The van der Waals surface area contributed by atoms with Crippen molar-refractivity contribution in [1.82, 2.24) is 0 Å². The highest BCUT2D eigenvalue weighted by Gasteiger charge is 2.09. The largest absolute Gasteiger partial charge is 0.491 e. The summed E-state index contributed by atoms with van der Waals surface area (Å²) in [6.45, 7) is 5.66. The summed E-state index contributed by atoms with van der Waals surface area (Å²) < 4.78 is 5.60. The monoisotopic (exact) mass is 299 g/mol. The number of hydrogen-bond donors (Lipinski definition) is 2. The van der Waals surface area contributed by atoms with Crippen LogP contribution in [0.25, 0.3) is 0 Å². The Labute approximate surface area is 130 Å². The number of hydrogen-bond acceptors (Lipinski definition) is 3. The molecule has 0 aliphatic rings. The second-order valence-electron chi connectivity index (χ2n) is 5.45. The normalized spacial score (nSPS) is 11.8. The molecule has 4 heteroatoms. The molecular weight excluding hydrogens is 278 g/mol. The molecule has 0 aromatic heterocycles. The van der Waals surface area contributed by atoms with Gasteiger partial charge in [-0.2, -0.15) is 0 Å². The molecule has 0 bridgehead atoms. The topological polar surface area (TPSA) is 58.6 Å². The molecule has 1 atom stereocenters. The van der Waals surface area contributed by atoms with Gasteiger partial charge in [0.05, 0.1) is 0 Å². The minimum Gasteiger partial charge on any atom is -0.491 e. The Morgan fingerprint density at radius 3 is 2.27 bits per heavy atom. The first kappa shape index (κ1) is 16.0. The van der Waals surface area contributed by atoms with Crippen LogP contribution in [0.3, 0.4) is 0 Å².